The highest BCUT2D eigenvalue weighted by atomic mass is 32.1. The van der Waals surface area contributed by atoms with Crippen molar-refractivity contribution in [1.29, 1.82) is 0 Å². The first-order valence-corrected chi connectivity index (χ1v) is 8.08. The molecule has 8 heteroatoms. The molecule has 0 aliphatic carbocycles. The molecule has 1 aromatic heterocycles. The Balaban J connectivity index is 1.79. The van der Waals surface area contributed by atoms with Gasteiger partial charge in [-0.05, 0) is 31.0 Å². The Kier molecular flexibility index (Phi) is 4.52. The van der Waals surface area contributed by atoms with Gasteiger partial charge in [0.2, 0.25) is 0 Å². The molecule has 6 nitrogen and oxygen atoms in total. The van der Waals surface area contributed by atoms with Crippen LogP contribution in [0.15, 0.2) is 29.8 Å². The Bertz CT molecular complexity index is 714. The molecule has 1 aliphatic heterocycles. The number of likely N-dealkylation sites (tertiary alicyclic amines) is 1. The molecule has 0 atom stereocenters. The van der Waals surface area contributed by atoms with Gasteiger partial charge in [0, 0.05) is 24.7 Å². The van der Waals surface area contributed by atoms with Crippen molar-refractivity contribution in [2.24, 2.45) is 0 Å². The first-order valence-electron chi connectivity index (χ1n) is 7.20. The van der Waals surface area contributed by atoms with E-state index < -0.39 is 11.7 Å². The lowest BCUT2D eigenvalue weighted by Crippen LogP contribution is -2.32. The van der Waals surface area contributed by atoms with Gasteiger partial charge in [-0.3, -0.25) is 10.1 Å². The number of hydrogen-bond acceptors (Lipinski definition) is 4. The quantitative estimate of drug-likeness (QED) is 0.905. The van der Waals surface area contributed by atoms with Crippen LogP contribution in [0.3, 0.4) is 0 Å². The van der Waals surface area contributed by atoms with Crippen molar-refractivity contribution in [2.75, 3.05) is 23.7 Å². The van der Waals surface area contributed by atoms with E-state index in [1.807, 2.05) is 0 Å². The highest BCUT2D eigenvalue weighted by Crippen LogP contribution is 2.21. The van der Waals surface area contributed by atoms with Gasteiger partial charge in [0.05, 0.1) is 11.3 Å². The number of rotatable bonds is 3. The Hall–Kier alpha value is -2.48. The molecule has 2 aromatic rings. The fraction of sp³-hybridized carbons (Fsp3) is 0.267. The first-order chi connectivity index (χ1) is 11.1. The second-order valence-corrected chi connectivity index (χ2v) is 6.00. The molecule has 0 bridgehead atoms. The number of carbonyl (C=O) groups excluding carboxylic acids is 2. The normalized spacial score (nSPS) is 13.9. The van der Waals surface area contributed by atoms with E-state index in [9.17, 15) is 14.0 Å². The van der Waals surface area contributed by atoms with Crippen molar-refractivity contribution in [1.82, 2.24) is 9.88 Å². The monoisotopic (exact) mass is 334 g/mol. The Morgan fingerprint density at radius 2 is 2.00 bits per heavy atom. The van der Waals surface area contributed by atoms with Crippen LogP contribution in [0.5, 0.6) is 0 Å². The lowest BCUT2D eigenvalue weighted by atomic mass is 10.1. The smallest absolute Gasteiger partial charge is 0.321 e. The number of hydrogen-bond donors (Lipinski definition) is 2. The van der Waals surface area contributed by atoms with E-state index in [0.717, 1.165) is 18.9 Å². The van der Waals surface area contributed by atoms with Crippen molar-refractivity contribution in [2.45, 2.75) is 12.8 Å². The number of carbonyl (C=O) groups is 2. The zero-order chi connectivity index (χ0) is 16.2. The number of anilines is 2. The van der Waals surface area contributed by atoms with Gasteiger partial charge in [-0.25, -0.2) is 14.2 Å². The van der Waals surface area contributed by atoms with Crippen LogP contribution in [0, 0.1) is 5.82 Å². The minimum Gasteiger partial charge on any atom is -0.325 e. The third-order valence-corrected chi connectivity index (χ3v) is 4.20. The summed E-state index contributed by atoms with van der Waals surface area (Å²) in [6, 6.07) is 3.42. The molecule has 120 valence electrons. The van der Waals surface area contributed by atoms with E-state index in [4.69, 9.17) is 0 Å². The molecule has 0 spiro atoms. The van der Waals surface area contributed by atoms with Gasteiger partial charge in [-0.2, -0.15) is 0 Å². The summed E-state index contributed by atoms with van der Waals surface area (Å²) in [5.41, 5.74) is 0.338. The van der Waals surface area contributed by atoms with Crippen molar-refractivity contribution in [3.63, 3.8) is 0 Å². The molecule has 1 aliphatic rings. The van der Waals surface area contributed by atoms with Gasteiger partial charge < -0.3 is 10.2 Å². The SMILES string of the molecule is O=C(Nc1nccs1)c1cc(F)ccc1NC(=O)N1CCCC1. The van der Waals surface area contributed by atoms with E-state index in [-0.39, 0.29) is 17.3 Å². The largest absolute Gasteiger partial charge is 0.325 e. The van der Waals surface area contributed by atoms with Crippen LogP contribution in [0.2, 0.25) is 0 Å². The Morgan fingerprint density at radius 3 is 2.70 bits per heavy atom. The third kappa shape index (κ3) is 3.65. The number of aromatic nitrogens is 1. The maximum atomic E-state index is 13.5. The first kappa shape index (κ1) is 15.4. The molecule has 1 fully saturated rings. The van der Waals surface area contributed by atoms with Crippen molar-refractivity contribution >= 4 is 34.1 Å². The second kappa shape index (κ2) is 6.74. The zero-order valence-electron chi connectivity index (χ0n) is 12.2. The molecular formula is C15H15FN4O2S. The number of thiazole rings is 1. The number of nitrogens with one attached hydrogen (secondary N) is 2. The van der Waals surface area contributed by atoms with Crippen molar-refractivity contribution < 1.29 is 14.0 Å². The van der Waals surface area contributed by atoms with E-state index >= 15 is 0 Å². The lowest BCUT2D eigenvalue weighted by Gasteiger charge is -2.17. The number of halogens is 1. The maximum absolute atomic E-state index is 13.5. The average molecular weight is 334 g/mol. The van der Waals surface area contributed by atoms with Crippen molar-refractivity contribution in [3.05, 3.63) is 41.2 Å². The van der Waals surface area contributed by atoms with Crippen LogP contribution < -0.4 is 10.6 Å². The van der Waals surface area contributed by atoms with E-state index in [2.05, 4.69) is 15.6 Å². The van der Waals surface area contributed by atoms with Crippen LogP contribution in [0.4, 0.5) is 20.0 Å². The topological polar surface area (TPSA) is 74.3 Å². The van der Waals surface area contributed by atoms with Gasteiger partial charge in [0.15, 0.2) is 5.13 Å². The molecule has 3 amide bonds. The maximum Gasteiger partial charge on any atom is 0.321 e. The molecule has 2 heterocycles. The number of benzene rings is 1. The number of nitrogens with zero attached hydrogens (tertiary/aromatic N) is 2. The highest BCUT2D eigenvalue weighted by Gasteiger charge is 2.21. The fourth-order valence-corrected chi connectivity index (χ4v) is 2.90. The summed E-state index contributed by atoms with van der Waals surface area (Å²) in [5, 5.41) is 7.40. The molecule has 1 aromatic carbocycles. The molecule has 0 unspecified atom stereocenters. The number of urea groups is 1. The summed E-state index contributed by atoms with van der Waals surface area (Å²) in [6.45, 7) is 1.38. The standard InChI is InChI=1S/C15H15FN4O2S/c16-10-3-4-12(18-15(22)20-6-1-2-7-20)11(9-10)13(21)19-14-17-5-8-23-14/h3-5,8-9H,1-2,6-7H2,(H,18,22)(H,17,19,21). The summed E-state index contributed by atoms with van der Waals surface area (Å²) in [7, 11) is 0. The van der Waals surface area contributed by atoms with E-state index in [1.165, 1.54) is 23.5 Å². The summed E-state index contributed by atoms with van der Waals surface area (Å²) < 4.78 is 13.5. The van der Waals surface area contributed by atoms with Gasteiger partial charge in [-0.1, -0.05) is 0 Å². The van der Waals surface area contributed by atoms with Crippen molar-refractivity contribution in [3.8, 4) is 0 Å². The predicted octanol–water partition coefficient (Wildman–Crippen LogP) is 3.16. The minimum absolute atomic E-state index is 0.0627. The molecule has 2 N–H and O–H groups in total. The molecule has 3 rings (SSSR count). The van der Waals surface area contributed by atoms with Gasteiger partial charge in [0.25, 0.3) is 5.91 Å². The fourth-order valence-electron chi connectivity index (χ4n) is 2.38. The Labute approximate surface area is 136 Å². The van der Waals surface area contributed by atoms with Crippen LogP contribution in [0.25, 0.3) is 0 Å². The van der Waals surface area contributed by atoms with Crippen LogP contribution >= 0.6 is 11.3 Å². The lowest BCUT2D eigenvalue weighted by molar-refractivity contribution is 0.102. The van der Waals surface area contributed by atoms with E-state index in [0.29, 0.717) is 18.2 Å². The van der Waals surface area contributed by atoms with E-state index in [1.54, 1.807) is 16.5 Å². The van der Waals surface area contributed by atoms with Gasteiger partial charge in [0.1, 0.15) is 5.82 Å². The molecule has 1 saturated heterocycles. The highest BCUT2D eigenvalue weighted by molar-refractivity contribution is 7.13. The second-order valence-electron chi connectivity index (χ2n) is 5.11. The average Bonchev–Trinajstić information content (AvgIpc) is 3.21. The Morgan fingerprint density at radius 1 is 1.22 bits per heavy atom. The molecule has 23 heavy (non-hydrogen) atoms. The minimum atomic E-state index is -0.548. The molecule has 0 saturated carbocycles. The van der Waals surface area contributed by atoms with Crippen LogP contribution in [-0.2, 0) is 0 Å². The van der Waals surface area contributed by atoms with Crippen LogP contribution in [-0.4, -0.2) is 34.9 Å². The predicted molar refractivity (Wildman–Crippen MR) is 86.3 cm³/mol. The molecule has 0 radical (unpaired) electrons. The molecular weight excluding hydrogens is 319 g/mol. The summed E-state index contributed by atoms with van der Waals surface area (Å²) in [6.07, 6.45) is 3.49. The van der Waals surface area contributed by atoms with Gasteiger partial charge in [-0.15, -0.1) is 11.3 Å². The number of amides is 3. The summed E-state index contributed by atoms with van der Waals surface area (Å²) >= 11 is 1.26. The van der Waals surface area contributed by atoms with Gasteiger partial charge >= 0.3 is 6.03 Å². The van der Waals surface area contributed by atoms with Crippen LogP contribution in [0.1, 0.15) is 23.2 Å². The summed E-state index contributed by atoms with van der Waals surface area (Å²) in [4.78, 5) is 30.1. The zero-order valence-corrected chi connectivity index (χ0v) is 13.0. The third-order valence-electron chi connectivity index (χ3n) is 3.51. The summed E-state index contributed by atoms with van der Waals surface area (Å²) in [5.74, 6) is -1.07.